The molecule has 0 aliphatic heterocycles. The average molecular weight is 261 g/mol. The Kier molecular flexibility index (Phi) is 4.48. The van der Waals surface area contributed by atoms with Gasteiger partial charge in [-0.2, -0.15) is 0 Å². The minimum absolute atomic E-state index is 0.0279. The van der Waals surface area contributed by atoms with Crippen LogP contribution in [-0.2, 0) is 4.79 Å². The van der Waals surface area contributed by atoms with Gasteiger partial charge in [-0.15, -0.1) is 0 Å². The molecule has 0 aliphatic carbocycles. The molecule has 0 heterocycles. The summed E-state index contributed by atoms with van der Waals surface area (Å²) >= 11 is 5.53. The summed E-state index contributed by atoms with van der Waals surface area (Å²) in [5.41, 5.74) is 0.326. The van der Waals surface area contributed by atoms with Crippen LogP contribution in [0.1, 0.15) is 25.5 Å². The van der Waals surface area contributed by atoms with Crippen molar-refractivity contribution < 1.29 is 19.4 Å². The maximum absolute atomic E-state index is 13.2. The fourth-order valence-corrected chi connectivity index (χ4v) is 1.62. The molecule has 0 radical (unpaired) electrons. The van der Waals surface area contributed by atoms with Gasteiger partial charge in [0.05, 0.1) is 17.0 Å². The summed E-state index contributed by atoms with van der Waals surface area (Å²) < 4.78 is 13.2. The van der Waals surface area contributed by atoms with Crippen LogP contribution in [0, 0.1) is 17.7 Å². The lowest BCUT2D eigenvalue weighted by Crippen LogP contribution is -2.23. The molecule has 0 spiro atoms. The Bertz CT molecular complexity index is 422. The van der Waals surface area contributed by atoms with E-state index in [2.05, 4.69) is 0 Å². The van der Waals surface area contributed by atoms with Crippen molar-refractivity contribution in [2.75, 3.05) is 0 Å². The zero-order chi connectivity index (χ0) is 13.2. The number of rotatable bonds is 4. The molecule has 2 N–H and O–H groups in total. The van der Waals surface area contributed by atoms with Gasteiger partial charge in [0.15, 0.2) is 0 Å². The second-order valence-corrected chi connectivity index (χ2v) is 4.51. The number of halogens is 2. The third-order valence-electron chi connectivity index (χ3n) is 2.96. The van der Waals surface area contributed by atoms with Gasteiger partial charge in [0.1, 0.15) is 5.82 Å². The lowest BCUT2D eigenvalue weighted by molar-refractivity contribution is -0.144. The predicted molar refractivity (Wildman–Crippen MR) is 62.3 cm³/mol. The molecule has 0 aliphatic rings. The molecular weight excluding hydrogens is 247 g/mol. The Hall–Kier alpha value is -1.13. The van der Waals surface area contributed by atoms with Gasteiger partial charge in [-0.05, 0) is 23.6 Å². The molecule has 0 amide bonds. The van der Waals surface area contributed by atoms with E-state index in [1.807, 2.05) is 0 Å². The molecule has 0 fully saturated rings. The largest absolute Gasteiger partial charge is 0.481 e. The monoisotopic (exact) mass is 260 g/mol. The molecule has 1 rings (SSSR count). The number of hydrogen-bond acceptors (Lipinski definition) is 2. The van der Waals surface area contributed by atoms with E-state index in [0.717, 1.165) is 6.07 Å². The van der Waals surface area contributed by atoms with Crippen molar-refractivity contribution in [3.8, 4) is 0 Å². The summed E-state index contributed by atoms with van der Waals surface area (Å²) in [5.74, 6) is -2.86. The van der Waals surface area contributed by atoms with E-state index in [4.69, 9.17) is 16.7 Å². The first kappa shape index (κ1) is 13.9. The third-order valence-corrected chi connectivity index (χ3v) is 3.27. The van der Waals surface area contributed by atoms with Crippen LogP contribution in [0.25, 0.3) is 0 Å². The third kappa shape index (κ3) is 3.17. The van der Waals surface area contributed by atoms with Gasteiger partial charge in [-0.3, -0.25) is 4.79 Å². The second kappa shape index (κ2) is 5.47. The maximum Gasteiger partial charge on any atom is 0.306 e. The average Bonchev–Trinajstić information content (AvgIpc) is 2.29. The first-order valence-corrected chi connectivity index (χ1v) is 5.58. The van der Waals surface area contributed by atoms with Crippen LogP contribution in [0.4, 0.5) is 4.39 Å². The zero-order valence-electron chi connectivity index (χ0n) is 9.52. The van der Waals surface area contributed by atoms with Crippen LogP contribution in [0.5, 0.6) is 0 Å². The van der Waals surface area contributed by atoms with Crippen LogP contribution in [-0.4, -0.2) is 16.2 Å². The Morgan fingerprint density at radius 3 is 2.47 bits per heavy atom. The topological polar surface area (TPSA) is 57.5 Å². The second-order valence-electron chi connectivity index (χ2n) is 4.10. The lowest BCUT2D eigenvalue weighted by atomic mass is 9.87. The van der Waals surface area contributed by atoms with Crippen molar-refractivity contribution >= 4 is 17.6 Å². The normalized spacial score (nSPS) is 16.3. The number of aliphatic hydroxyl groups excluding tert-OH is 1. The summed E-state index contributed by atoms with van der Waals surface area (Å²) in [6.07, 6.45) is -1.03. The molecule has 0 bridgehead atoms. The highest BCUT2D eigenvalue weighted by atomic mass is 35.5. The van der Waals surface area contributed by atoms with E-state index in [-0.39, 0.29) is 5.02 Å². The van der Waals surface area contributed by atoms with Crippen LogP contribution in [0.3, 0.4) is 0 Å². The molecule has 0 aromatic heterocycles. The lowest BCUT2D eigenvalue weighted by Gasteiger charge is -2.22. The molecule has 17 heavy (non-hydrogen) atoms. The summed E-state index contributed by atoms with van der Waals surface area (Å²) in [4.78, 5) is 10.8. The molecular formula is C12H14ClFO3. The highest BCUT2D eigenvalue weighted by Gasteiger charge is 2.27. The predicted octanol–water partition coefficient (Wildman–Crippen LogP) is 2.87. The summed E-state index contributed by atoms with van der Waals surface area (Å²) in [6.45, 7) is 3.11. The summed E-state index contributed by atoms with van der Waals surface area (Å²) in [5, 5.41) is 18.8. The first-order chi connectivity index (χ1) is 7.84. The van der Waals surface area contributed by atoms with Crippen molar-refractivity contribution in [2.45, 2.75) is 20.0 Å². The number of aliphatic hydroxyl groups is 1. The van der Waals surface area contributed by atoms with Crippen molar-refractivity contribution in [3.05, 3.63) is 34.6 Å². The van der Waals surface area contributed by atoms with Crippen molar-refractivity contribution in [2.24, 2.45) is 11.8 Å². The molecule has 3 nitrogen and oxygen atoms in total. The van der Waals surface area contributed by atoms with Crippen LogP contribution < -0.4 is 0 Å². The van der Waals surface area contributed by atoms with E-state index >= 15 is 0 Å². The van der Waals surface area contributed by atoms with Gasteiger partial charge in [0, 0.05) is 0 Å². The van der Waals surface area contributed by atoms with Crippen LogP contribution >= 0.6 is 11.6 Å². The highest BCUT2D eigenvalue weighted by Crippen LogP contribution is 2.29. The zero-order valence-corrected chi connectivity index (χ0v) is 10.3. The minimum Gasteiger partial charge on any atom is -0.481 e. The van der Waals surface area contributed by atoms with E-state index in [1.54, 1.807) is 6.92 Å². The molecule has 1 aromatic carbocycles. The van der Waals surface area contributed by atoms with Crippen LogP contribution in [0.2, 0.25) is 5.02 Å². The highest BCUT2D eigenvalue weighted by molar-refractivity contribution is 6.30. The Morgan fingerprint density at radius 1 is 1.41 bits per heavy atom. The van der Waals surface area contributed by atoms with Crippen molar-refractivity contribution in [3.63, 3.8) is 0 Å². The fourth-order valence-electron chi connectivity index (χ4n) is 1.50. The number of aliphatic carboxylic acids is 1. The molecule has 0 saturated carbocycles. The Labute approximate surface area is 104 Å². The van der Waals surface area contributed by atoms with Gasteiger partial charge in [0.2, 0.25) is 0 Å². The number of carboxylic acid groups (broad SMARTS) is 1. The number of benzene rings is 1. The van der Waals surface area contributed by atoms with E-state index in [1.165, 1.54) is 19.1 Å². The fraction of sp³-hybridized carbons (Fsp3) is 0.417. The summed E-state index contributed by atoms with van der Waals surface area (Å²) in [7, 11) is 0. The smallest absolute Gasteiger partial charge is 0.306 e. The van der Waals surface area contributed by atoms with Crippen molar-refractivity contribution in [1.29, 1.82) is 0 Å². The Balaban J connectivity index is 2.92. The number of carbonyl (C=O) groups is 1. The van der Waals surface area contributed by atoms with Gasteiger partial charge >= 0.3 is 5.97 Å². The molecule has 3 atom stereocenters. The van der Waals surface area contributed by atoms with E-state index in [9.17, 15) is 14.3 Å². The van der Waals surface area contributed by atoms with E-state index < -0.39 is 29.7 Å². The maximum atomic E-state index is 13.2. The molecule has 3 unspecified atom stereocenters. The molecule has 94 valence electrons. The van der Waals surface area contributed by atoms with Gasteiger partial charge < -0.3 is 10.2 Å². The van der Waals surface area contributed by atoms with E-state index in [0.29, 0.717) is 5.56 Å². The molecule has 1 aromatic rings. The summed E-state index contributed by atoms with van der Waals surface area (Å²) in [6, 6.07) is 3.95. The first-order valence-electron chi connectivity index (χ1n) is 5.20. The number of carboxylic acids is 1. The SMILES string of the molecule is CC(C(=O)O)C(C)C(O)c1ccc(Cl)c(F)c1. The quantitative estimate of drug-likeness (QED) is 0.875. The van der Waals surface area contributed by atoms with Crippen molar-refractivity contribution in [1.82, 2.24) is 0 Å². The standard InChI is InChI=1S/C12H14ClFO3/c1-6(7(2)12(16)17)11(15)8-3-4-9(13)10(14)5-8/h3-7,11,15H,1-2H3,(H,16,17). The van der Waals surface area contributed by atoms with Crippen LogP contribution in [0.15, 0.2) is 18.2 Å². The molecule has 5 heteroatoms. The van der Waals surface area contributed by atoms with Gasteiger partial charge in [-0.1, -0.05) is 31.5 Å². The Morgan fingerprint density at radius 2 is 2.00 bits per heavy atom. The van der Waals surface area contributed by atoms with Gasteiger partial charge in [-0.25, -0.2) is 4.39 Å². The number of hydrogen-bond donors (Lipinski definition) is 2. The molecule has 0 saturated heterocycles. The van der Waals surface area contributed by atoms with Gasteiger partial charge in [0.25, 0.3) is 0 Å². The minimum atomic E-state index is -1.03.